The zero-order chi connectivity index (χ0) is 11.1. The Bertz CT molecular complexity index is 227. The number of ether oxygens (including phenoxy) is 2. The molecular weight excluding hydrogens is 184 g/mol. The molecule has 0 amide bonds. The number of hydrogen-bond donors (Lipinski definition) is 0. The van der Waals surface area contributed by atoms with Crippen molar-refractivity contribution in [2.24, 2.45) is 0 Å². The van der Waals surface area contributed by atoms with Crippen LogP contribution in [0.3, 0.4) is 0 Å². The van der Waals surface area contributed by atoms with Crippen molar-refractivity contribution < 1.29 is 19.1 Å². The molecule has 0 fully saturated rings. The first-order valence-corrected chi connectivity index (χ1v) is 4.56. The van der Waals surface area contributed by atoms with Crippen LogP contribution in [0.1, 0.15) is 27.7 Å². The first-order chi connectivity index (χ1) is 6.54. The molecule has 0 aliphatic carbocycles. The Hall–Kier alpha value is -1.32. The summed E-state index contributed by atoms with van der Waals surface area (Å²) in [6.45, 7) is 7.11. The Kier molecular flexibility index (Phi) is 5.60. The van der Waals surface area contributed by atoms with Crippen LogP contribution in [-0.4, -0.2) is 25.2 Å². The normalized spacial score (nSPS) is 11.7. The predicted octanol–water partition coefficient (Wildman–Crippen LogP) is 1.45. The highest BCUT2D eigenvalue weighted by atomic mass is 16.5. The monoisotopic (exact) mass is 200 g/mol. The van der Waals surface area contributed by atoms with Crippen molar-refractivity contribution >= 4 is 11.9 Å². The molecule has 0 spiro atoms. The van der Waals surface area contributed by atoms with E-state index in [-0.39, 0.29) is 0 Å². The van der Waals surface area contributed by atoms with Crippen molar-refractivity contribution in [2.45, 2.75) is 27.7 Å². The van der Waals surface area contributed by atoms with E-state index >= 15 is 0 Å². The van der Waals surface area contributed by atoms with Gasteiger partial charge >= 0.3 is 11.9 Å². The molecule has 0 saturated heterocycles. The van der Waals surface area contributed by atoms with Gasteiger partial charge in [0.05, 0.1) is 13.2 Å². The Balaban J connectivity index is 4.57. The van der Waals surface area contributed by atoms with Gasteiger partial charge in [-0.2, -0.15) is 0 Å². The lowest BCUT2D eigenvalue weighted by Crippen LogP contribution is -2.13. The average molecular weight is 200 g/mol. The van der Waals surface area contributed by atoms with E-state index in [1.54, 1.807) is 27.7 Å². The van der Waals surface area contributed by atoms with E-state index in [4.69, 9.17) is 9.47 Å². The number of hydrogen-bond acceptors (Lipinski definition) is 4. The van der Waals surface area contributed by atoms with Crippen molar-refractivity contribution in [1.29, 1.82) is 0 Å². The molecule has 80 valence electrons. The molecule has 0 aromatic heterocycles. The third kappa shape index (κ3) is 3.60. The average Bonchev–Trinajstić information content (AvgIpc) is 2.16. The van der Waals surface area contributed by atoms with Gasteiger partial charge in [-0.15, -0.1) is 0 Å². The molecule has 0 atom stereocenters. The van der Waals surface area contributed by atoms with Gasteiger partial charge in [-0.3, -0.25) is 0 Å². The molecule has 0 aromatic carbocycles. The fraction of sp³-hybridized carbons (Fsp3) is 0.600. The number of rotatable bonds is 4. The molecule has 0 unspecified atom stereocenters. The van der Waals surface area contributed by atoms with Crippen molar-refractivity contribution in [3.63, 3.8) is 0 Å². The molecule has 0 aliphatic rings. The summed E-state index contributed by atoms with van der Waals surface area (Å²) in [5.41, 5.74) is 0.593. The maximum absolute atomic E-state index is 11.2. The maximum Gasteiger partial charge on any atom is 0.334 e. The summed E-state index contributed by atoms with van der Waals surface area (Å²) in [4.78, 5) is 22.4. The van der Waals surface area contributed by atoms with Gasteiger partial charge in [0.1, 0.15) is 0 Å². The molecule has 0 saturated carbocycles. The number of esters is 2. The fourth-order valence-electron chi connectivity index (χ4n) is 0.785. The van der Waals surface area contributed by atoms with E-state index in [1.807, 2.05) is 0 Å². The first-order valence-electron chi connectivity index (χ1n) is 4.56. The SMILES string of the molecule is CCOC(=O)/C(C)=C(/C)C(=O)OCC. The summed E-state index contributed by atoms with van der Waals surface area (Å²) in [6.07, 6.45) is 0. The van der Waals surface area contributed by atoms with Crippen LogP contribution in [-0.2, 0) is 19.1 Å². The largest absolute Gasteiger partial charge is 0.463 e. The van der Waals surface area contributed by atoms with E-state index in [0.717, 1.165) is 0 Å². The van der Waals surface area contributed by atoms with Gasteiger partial charge < -0.3 is 9.47 Å². The first kappa shape index (κ1) is 12.7. The molecule has 4 heteroatoms. The minimum atomic E-state index is -0.474. The lowest BCUT2D eigenvalue weighted by Gasteiger charge is -2.06. The molecule has 4 nitrogen and oxygen atoms in total. The molecule has 0 aliphatic heterocycles. The second kappa shape index (κ2) is 6.18. The summed E-state index contributed by atoms with van der Waals surface area (Å²) in [6, 6.07) is 0. The van der Waals surface area contributed by atoms with Gasteiger partial charge in [0, 0.05) is 11.1 Å². The summed E-state index contributed by atoms with van der Waals surface area (Å²) in [7, 11) is 0. The van der Waals surface area contributed by atoms with Crippen LogP contribution in [0.15, 0.2) is 11.1 Å². The zero-order valence-electron chi connectivity index (χ0n) is 9.05. The zero-order valence-corrected chi connectivity index (χ0v) is 9.05. The highest BCUT2D eigenvalue weighted by molar-refractivity contribution is 5.99. The van der Waals surface area contributed by atoms with Crippen molar-refractivity contribution in [1.82, 2.24) is 0 Å². The molecule has 0 heterocycles. The summed E-state index contributed by atoms with van der Waals surface area (Å²) < 4.78 is 9.50. The van der Waals surface area contributed by atoms with E-state index in [9.17, 15) is 9.59 Å². The van der Waals surface area contributed by atoms with Crippen LogP contribution in [0.2, 0.25) is 0 Å². The molecule has 0 bridgehead atoms. The second-order valence-corrected chi connectivity index (χ2v) is 2.69. The molecule has 14 heavy (non-hydrogen) atoms. The van der Waals surface area contributed by atoms with Crippen molar-refractivity contribution in [3.05, 3.63) is 11.1 Å². The standard InChI is InChI=1S/C10H16O4/c1-5-13-9(11)7(3)8(4)10(12)14-6-2/h5-6H2,1-4H3/b8-7-. The number of carbonyl (C=O) groups is 2. The molecule has 0 N–H and O–H groups in total. The van der Waals surface area contributed by atoms with Crippen LogP contribution in [0, 0.1) is 0 Å². The smallest absolute Gasteiger partial charge is 0.334 e. The highest BCUT2D eigenvalue weighted by Crippen LogP contribution is 2.07. The van der Waals surface area contributed by atoms with Crippen molar-refractivity contribution in [2.75, 3.05) is 13.2 Å². The summed E-state index contributed by atoms with van der Waals surface area (Å²) in [5.74, 6) is -0.948. The quantitative estimate of drug-likeness (QED) is 0.509. The molecule has 0 radical (unpaired) electrons. The van der Waals surface area contributed by atoms with E-state index in [1.165, 1.54) is 0 Å². The summed E-state index contributed by atoms with van der Waals surface area (Å²) in [5, 5.41) is 0. The minimum Gasteiger partial charge on any atom is -0.463 e. The van der Waals surface area contributed by atoms with Crippen LogP contribution in [0.5, 0.6) is 0 Å². The summed E-state index contributed by atoms with van der Waals surface area (Å²) >= 11 is 0. The highest BCUT2D eigenvalue weighted by Gasteiger charge is 2.14. The topological polar surface area (TPSA) is 52.6 Å². The fourth-order valence-corrected chi connectivity index (χ4v) is 0.785. The van der Waals surface area contributed by atoms with Gasteiger partial charge in [-0.1, -0.05) is 0 Å². The van der Waals surface area contributed by atoms with Crippen LogP contribution >= 0.6 is 0 Å². The van der Waals surface area contributed by atoms with Crippen LogP contribution in [0.25, 0.3) is 0 Å². The Labute approximate surface area is 83.9 Å². The van der Waals surface area contributed by atoms with Gasteiger partial charge in [0.2, 0.25) is 0 Å². The van der Waals surface area contributed by atoms with E-state index in [2.05, 4.69) is 0 Å². The Morgan fingerprint density at radius 1 is 0.857 bits per heavy atom. The predicted molar refractivity (Wildman–Crippen MR) is 51.6 cm³/mol. The van der Waals surface area contributed by atoms with Crippen molar-refractivity contribution in [3.8, 4) is 0 Å². The lowest BCUT2D eigenvalue weighted by atomic mass is 10.1. The lowest BCUT2D eigenvalue weighted by molar-refractivity contribution is -0.141. The maximum atomic E-state index is 11.2. The molecule has 0 aromatic rings. The van der Waals surface area contributed by atoms with Crippen LogP contribution in [0.4, 0.5) is 0 Å². The second-order valence-electron chi connectivity index (χ2n) is 2.69. The minimum absolute atomic E-state index is 0.297. The van der Waals surface area contributed by atoms with Gasteiger partial charge in [0.15, 0.2) is 0 Å². The van der Waals surface area contributed by atoms with E-state index < -0.39 is 11.9 Å². The molecule has 0 rings (SSSR count). The van der Waals surface area contributed by atoms with Gasteiger partial charge in [-0.25, -0.2) is 9.59 Å². The third-order valence-corrected chi connectivity index (χ3v) is 1.73. The van der Waals surface area contributed by atoms with Gasteiger partial charge in [-0.05, 0) is 27.7 Å². The van der Waals surface area contributed by atoms with Gasteiger partial charge in [0.25, 0.3) is 0 Å². The molecular formula is C10H16O4. The van der Waals surface area contributed by atoms with Crippen LogP contribution < -0.4 is 0 Å². The Morgan fingerprint density at radius 3 is 1.36 bits per heavy atom. The third-order valence-electron chi connectivity index (χ3n) is 1.73. The number of carbonyl (C=O) groups excluding carboxylic acids is 2. The van der Waals surface area contributed by atoms with E-state index in [0.29, 0.717) is 24.4 Å². The Morgan fingerprint density at radius 2 is 1.14 bits per heavy atom.